The number of carbonyl (C=O) groups excluding carboxylic acids is 1. The maximum atomic E-state index is 13.2. The fourth-order valence-corrected chi connectivity index (χ4v) is 3.61. The highest BCUT2D eigenvalue weighted by atomic mass is 32.1. The first-order valence-corrected chi connectivity index (χ1v) is 11.8. The minimum Gasteiger partial charge on any atom is -0.325 e. The van der Waals surface area contributed by atoms with Gasteiger partial charge in [-0.2, -0.15) is 10.6 Å². The van der Waals surface area contributed by atoms with E-state index < -0.39 is 9.58 Å². The van der Waals surface area contributed by atoms with Crippen molar-refractivity contribution in [2.45, 2.75) is 46.6 Å². The lowest BCUT2D eigenvalue weighted by molar-refractivity contribution is -1.03. The number of anilines is 1. The third-order valence-electron chi connectivity index (χ3n) is 5.65. The van der Waals surface area contributed by atoms with Gasteiger partial charge >= 0.3 is 0 Å². The summed E-state index contributed by atoms with van der Waals surface area (Å²) in [6.45, 7) is 15.1. The SMILES string of the molecule is C=C(/N=C(\C=C/C)C(C)(C)C(=O)Nc1ccc(-c2cncc(C(=C)C)n2)cc1)N[N+](O)(S)C1CC1. The van der Waals surface area contributed by atoms with E-state index in [9.17, 15) is 10.0 Å². The van der Waals surface area contributed by atoms with Crippen LogP contribution in [0.4, 0.5) is 5.69 Å². The molecule has 8 nitrogen and oxygen atoms in total. The fraction of sp³-hybridized carbons (Fsp3) is 0.308. The van der Waals surface area contributed by atoms with Crippen molar-refractivity contribution in [1.82, 2.24) is 15.4 Å². The summed E-state index contributed by atoms with van der Waals surface area (Å²) >= 11 is 4.23. The Kier molecular flexibility index (Phi) is 7.94. The number of hydroxylamine groups is 1. The predicted molar refractivity (Wildman–Crippen MR) is 143 cm³/mol. The third-order valence-corrected chi connectivity index (χ3v) is 6.07. The second-order valence-electron chi connectivity index (χ2n) is 9.16. The van der Waals surface area contributed by atoms with Gasteiger partial charge in [0, 0.05) is 24.1 Å². The molecule has 3 N–H and O–H groups in total. The molecule has 2 aromatic rings. The van der Waals surface area contributed by atoms with Crippen molar-refractivity contribution >= 4 is 35.7 Å². The van der Waals surface area contributed by atoms with Crippen molar-refractivity contribution in [3.63, 3.8) is 0 Å². The van der Waals surface area contributed by atoms with Crippen LogP contribution in [0.3, 0.4) is 0 Å². The lowest BCUT2D eigenvalue weighted by Crippen LogP contribution is -2.48. The summed E-state index contributed by atoms with van der Waals surface area (Å²) in [5.74, 6) is -0.0254. The first kappa shape index (κ1) is 26.3. The number of hydrogen-bond acceptors (Lipinski definition) is 7. The number of nitrogens with zero attached hydrogens (tertiary/aromatic N) is 4. The van der Waals surface area contributed by atoms with Crippen LogP contribution in [0.2, 0.25) is 0 Å². The smallest absolute Gasteiger partial charge is 0.236 e. The molecule has 0 aliphatic heterocycles. The molecule has 0 radical (unpaired) electrons. The van der Waals surface area contributed by atoms with Crippen LogP contribution in [0.5, 0.6) is 0 Å². The summed E-state index contributed by atoms with van der Waals surface area (Å²) in [5, 5.41) is 13.3. The Morgan fingerprint density at radius 3 is 2.49 bits per heavy atom. The molecule has 9 heteroatoms. The van der Waals surface area contributed by atoms with Crippen LogP contribution in [0, 0.1) is 5.41 Å². The average Bonchev–Trinajstić information content (AvgIpc) is 3.65. The Hall–Kier alpha value is -3.27. The van der Waals surface area contributed by atoms with E-state index >= 15 is 0 Å². The van der Waals surface area contributed by atoms with E-state index in [0.29, 0.717) is 11.4 Å². The lowest BCUT2D eigenvalue weighted by atomic mass is 9.85. The molecule has 0 spiro atoms. The Morgan fingerprint density at radius 2 is 1.91 bits per heavy atom. The number of hydrogen-bond donors (Lipinski definition) is 4. The van der Waals surface area contributed by atoms with E-state index in [1.165, 1.54) is 0 Å². The number of nitrogens with one attached hydrogen (secondary N) is 2. The molecule has 0 bridgehead atoms. The van der Waals surface area contributed by atoms with E-state index in [-0.39, 0.29) is 17.8 Å². The van der Waals surface area contributed by atoms with E-state index in [1.807, 2.05) is 38.1 Å². The largest absolute Gasteiger partial charge is 0.325 e. The highest BCUT2D eigenvalue weighted by Crippen LogP contribution is 2.32. The molecule has 1 fully saturated rings. The third kappa shape index (κ3) is 6.66. The molecule has 3 rings (SSSR count). The number of thiol groups is 1. The van der Waals surface area contributed by atoms with Gasteiger partial charge < -0.3 is 5.32 Å². The number of benzene rings is 1. The average molecular weight is 494 g/mol. The van der Waals surface area contributed by atoms with Gasteiger partial charge in [0.15, 0.2) is 11.9 Å². The van der Waals surface area contributed by atoms with Gasteiger partial charge in [0.25, 0.3) is 0 Å². The number of quaternary nitrogens is 1. The van der Waals surface area contributed by atoms with Gasteiger partial charge in [0.2, 0.25) is 5.91 Å². The van der Waals surface area contributed by atoms with Gasteiger partial charge in [-0.25, -0.2) is 9.98 Å². The van der Waals surface area contributed by atoms with Crippen LogP contribution >= 0.6 is 12.8 Å². The molecular weight excluding hydrogens is 460 g/mol. The van der Waals surface area contributed by atoms with Crippen molar-refractivity contribution in [2.24, 2.45) is 10.4 Å². The summed E-state index contributed by atoms with van der Waals surface area (Å²) in [4.78, 5) is 26.5. The normalized spacial score (nSPS) is 16.0. The van der Waals surface area contributed by atoms with Crippen LogP contribution in [0.15, 0.2) is 72.8 Å². The molecule has 1 unspecified atom stereocenters. The van der Waals surface area contributed by atoms with Gasteiger partial charge in [-0.3, -0.25) is 9.78 Å². The standard InChI is InChI=1S/C26H32N6O2S/c1-7-8-24(28-18(4)31-32(34,35)21-13-14-21)26(5,6)25(33)29-20-11-9-19(10-12-20)23-16-27-15-22(30-23)17(2)3/h7-12,15-16,21,31,34-35H,2,4,13-14H2,1,3,5-6H3/p+1/b8-7-,28-24+. The van der Waals surface area contributed by atoms with Crippen LogP contribution in [-0.4, -0.2) is 37.0 Å². The summed E-state index contributed by atoms with van der Waals surface area (Å²) in [6, 6.07) is 7.39. The van der Waals surface area contributed by atoms with E-state index in [4.69, 9.17) is 0 Å². The molecule has 0 saturated heterocycles. The number of aliphatic imine (C=N–C) groups is 1. The summed E-state index contributed by atoms with van der Waals surface area (Å²) < 4.78 is -0.677. The summed E-state index contributed by atoms with van der Waals surface area (Å²) in [5.41, 5.74) is 6.12. The van der Waals surface area contributed by atoms with Crippen molar-refractivity contribution in [3.8, 4) is 11.3 Å². The zero-order chi connectivity index (χ0) is 25.8. The lowest BCUT2D eigenvalue weighted by Gasteiger charge is -2.26. The molecular formula is C26H33N6O2S+. The zero-order valence-corrected chi connectivity index (χ0v) is 21.5. The molecule has 1 saturated carbocycles. The molecule has 184 valence electrons. The van der Waals surface area contributed by atoms with Crippen LogP contribution in [-0.2, 0) is 4.79 Å². The monoisotopic (exact) mass is 493 g/mol. The Bertz CT molecular complexity index is 1180. The van der Waals surface area contributed by atoms with Crippen LogP contribution in [0.1, 0.15) is 46.2 Å². The number of amides is 1. The minimum atomic E-state index is -0.988. The number of rotatable bonds is 10. The number of aromatic nitrogens is 2. The minimum absolute atomic E-state index is 0.0102. The van der Waals surface area contributed by atoms with Crippen molar-refractivity contribution in [3.05, 3.63) is 73.5 Å². The molecule has 35 heavy (non-hydrogen) atoms. The maximum Gasteiger partial charge on any atom is 0.236 e. The first-order valence-electron chi connectivity index (χ1n) is 11.4. The molecule has 1 aliphatic carbocycles. The van der Waals surface area contributed by atoms with Crippen molar-refractivity contribution < 1.29 is 14.2 Å². The van der Waals surface area contributed by atoms with Gasteiger partial charge in [-0.05, 0) is 55.6 Å². The summed E-state index contributed by atoms with van der Waals surface area (Å²) in [6.07, 6.45) is 8.66. The fourth-order valence-electron chi connectivity index (χ4n) is 3.27. The molecule has 1 aromatic heterocycles. The van der Waals surface area contributed by atoms with E-state index in [0.717, 1.165) is 35.4 Å². The molecule has 1 atom stereocenters. The quantitative estimate of drug-likeness (QED) is 0.155. The molecule has 1 aromatic carbocycles. The second kappa shape index (κ2) is 10.6. The van der Waals surface area contributed by atoms with Crippen molar-refractivity contribution in [1.29, 1.82) is 0 Å². The zero-order valence-electron chi connectivity index (χ0n) is 20.6. The van der Waals surface area contributed by atoms with E-state index in [1.54, 1.807) is 38.4 Å². The van der Waals surface area contributed by atoms with Gasteiger partial charge in [-0.1, -0.05) is 31.4 Å². The van der Waals surface area contributed by atoms with Crippen LogP contribution < -0.4 is 10.7 Å². The van der Waals surface area contributed by atoms with Crippen LogP contribution in [0.25, 0.3) is 16.8 Å². The van der Waals surface area contributed by atoms with Gasteiger partial charge in [-0.15, -0.1) is 0 Å². The number of allylic oxidation sites excluding steroid dienone is 3. The molecule has 1 aliphatic rings. The highest BCUT2D eigenvalue weighted by Gasteiger charge is 2.44. The molecule has 1 heterocycles. The predicted octanol–water partition coefficient (Wildman–Crippen LogP) is 5.35. The first-order chi connectivity index (χ1) is 16.4. The highest BCUT2D eigenvalue weighted by molar-refractivity contribution is 7.74. The maximum absolute atomic E-state index is 13.2. The number of carbonyl (C=O) groups is 1. The second-order valence-corrected chi connectivity index (χ2v) is 9.77. The summed E-state index contributed by atoms with van der Waals surface area (Å²) in [7, 11) is 0. The topological polar surface area (TPSA) is 99.5 Å². The Morgan fingerprint density at radius 1 is 1.26 bits per heavy atom. The Labute approximate surface area is 212 Å². The molecule has 1 amide bonds. The van der Waals surface area contributed by atoms with Gasteiger partial charge in [0.1, 0.15) is 12.8 Å². The van der Waals surface area contributed by atoms with Gasteiger partial charge in [0.05, 0.1) is 34.9 Å². The van der Waals surface area contributed by atoms with Crippen molar-refractivity contribution in [2.75, 3.05) is 5.32 Å². The van der Waals surface area contributed by atoms with E-state index in [2.05, 4.69) is 51.7 Å². The Balaban J connectivity index is 1.74.